The van der Waals surface area contributed by atoms with Crippen molar-refractivity contribution in [2.45, 2.75) is 38.0 Å². The van der Waals surface area contributed by atoms with Gasteiger partial charge < -0.3 is 15.0 Å². The van der Waals surface area contributed by atoms with Gasteiger partial charge in [-0.25, -0.2) is 8.42 Å². The molecular formula is C19H29N3O4S. The number of nitrogens with zero attached hydrogens (tertiary/aromatic N) is 2. The summed E-state index contributed by atoms with van der Waals surface area (Å²) in [5, 5.41) is 2.97. The van der Waals surface area contributed by atoms with Crippen LogP contribution >= 0.6 is 0 Å². The Morgan fingerprint density at radius 2 is 1.85 bits per heavy atom. The summed E-state index contributed by atoms with van der Waals surface area (Å²) in [5.74, 6) is -0.213. The fourth-order valence-corrected chi connectivity index (χ4v) is 4.82. The number of morpholine rings is 1. The number of nitrogens with one attached hydrogen (secondary N) is 1. The van der Waals surface area contributed by atoms with Crippen molar-refractivity contribution in [2.75, 3.05) is 49.6 Å². The second-order valence-corrected chi connectivity index (χ2v) is 9.13. The first-order valence-corrected chi connectivity index (χ1v) is 11.1. The lowest BCUT2D eigenvalue weighted by Crippen LogP contribution is -2.40. The fraction of sp³-hybridized carbons (Fsp3) is 0.632. The molecule has 0 spiro atoms. The van der Waals surface area contributed by atoms with Crippen LogP contribution in [-0.4, -0.2) is 58.0 Å². The summed E-state index contributed by atoms with van der Waals surface area (Å²) in [5.41, 5.74) is 1.47. The molecule has 0 bridgehead atoms. The SMILES string of the molecule is CC[C@H](C)C(=O)Nc1cc(S(=O)(=O)N2CCOCC2)ccc1N1CCCC1. The first kappa shape index (κ1) is 20.1. The molecule has 3 rings (SSSR count). The minimum Gasteiger partial charge on any atom is -0.379 e. The Labute approximate surface area is 161 Å². The molecule has 2 saturated heterocycles. The predicted molar refractivity (Wildman–Crippen MR) is 106 cm³/mol. The van der Waals surface area contributed by atoms with Gasteiger partial charge in [0.05, 0.1) is 29.5 Å². The molecule has 0 radical (unpaired) electrons. The number of carbonyl (C=O) groups is 1. The summed E-state index contributed by atoms with van der Waals surface area (Å²) in [6.07, 6.45) is 2.94. The van der Waals surface area contributed by atoms with Crippen LogP contribution in [0.2, 0.25) is 0 Å². The summed E-state index contributed by atoms with van der Waals surface area (Å²) in [6.45, 7) is 7.19. The van der Waals surface area contributed by atoms with Crippen molar-refractivity contribution in [1.29, 1.82) is 0 Å². The molecule has 1 aromatic carbocycles. The van der Waals surface area contributed by atoms with Crippen LogP contribution in [0, 0.1) is 5.92 Å². The smallest absolute Gasteiger partial charge is 0.243 e. The topological polar surface area (TPSA) is 79.0 Å². The molecule has 1 amide bonds. The quantitative estimate of drug-likeness (QED) is 0.800. The molecule has 2 fully saturated rings. The number of rotatable bonds is 6. The van der Waals surface area contributed by atoms with Crippen molar-refractivity contribution in [3.8, 4) is 0 Å². The number of ether oxygens (including phenoxy) is 1. The molecule has 0 unspecified atom stereocenters. The van der Waals surface area contributed by atoms with E-state index in [0.717, 1.165) is 38.0 Å². The van der Waals surface area contributed by atoms with Crippen LogP contribution in [0.3, 0.4) is 0 Å². The van der Waals surface area contributed by atoms with E-state index in [1.165, 1.54) is 4.31 Å². The lowest BCUT2D eigenvalue weighted by atomic mass is 10.1. The van der Waals surface area contributed by atoms with E-state index in [4.69, 9.17) is 4.74 Å². The zero-order valence-electron chi connectivity index (χ0n) is 16.1. The van der Waals surface area contributed by atoms with Crippen molar-refractivity contribution in [3.63, 3.8) is 0 Å². The monoisotopic (exact) mass is 395 g/mol. The third-order valence-electron chi connectivity index (χ3n) is 5.34. The molecule has 0 saturated carbocycles. The third kappa shape index (κ3) is 4.44. The highest BCUT2D eigenvalue weighted by atomic mass is 32.2. The zero-order chi connectivity index (χ0) is 19.4. The van der Waals surface area contributed by atoms with Crippen LogP contribution in [0.1, 0.15) is 33.1 Å². The van der Waals surface area contributed by atoms with E-state index in [2.05, 4.69) is 10.2 Å². The van der Waals surface area contributed by atoms with Crippen LogP contribution in [0.15, 0.2) is 23.1 Å². The van der Waals surface area contributed by atoms with Crippen molar-refractivity contribution in [1.82, 2.24) is 4.31 Å². The Balaban J connectivity index is 1.94. The zero-order valence-corrected chi connectivity index (χ0v) is 16.9. The molecule has 0 aromatic heterocycles. The molecule has 2 aliphatic rings. The van der Waals surface area contributed by atoms with Crippen molar-refractivity contribution in [2.24, 2.45) is 5.92 Å². The van der Waals surface area contributed by atoms with Crippen LogP contribution in [0.5, 0.6) is 0 Å². The highest BCUT2D eigenvalue weighted by Gasteiger charge is 2.28. The third-order valence-corrected chi connectivity index (χ3v) is 7.24. The van der Waals surface area contributed by atoms with Gasteiger partial charge in [-0.05, 0) is 37.5 Å². The normalized spacial score (nSPS) is 19.9. The number of carbonyl (C=O) groups excluding carboxylic acids is 1. The Morgan fingerprint density at radius 1 is 1.19 bits per heavy atom. The van der Waals surface area contributed by atoms with Gasteiger partial charge in [-0.3, -0.25) is 4.79 Å². The first-order chi connectivity index (χ1) is 12.9. The lowest BCUT2D eigenvalue weighted by molar-refractivity contribution is -0.119. The number of amides is 1. The average Bonchev–Trinajstić information content (AvgIpc) is 3.22. The summed E-state index contributed by atoms with van der Waals surface area (Å²) < 4.78 is 32.7. The standard InChI is InChI=1S/C19H29N3O4S/c1-3-15(2)19(23)20-17-14-16(6-7-18(17)21-8-4-5-9-21)27(24,25)22-10-12-26-13-11-22/h6-7,14-15H,3-5,8-13H2,1-2H3,(H,20,23)/t15-/m0/s1. The Morgan fingerprint density at radius 3 is 2.48 bits per heavy atom. The van der Waals surface area contributed by atoms with E-state index < -0.39 is 10.0 Å². The number of sulfonamides is 1. The predicted octanol–water partition coefficient (Wildman–Crippen LogP) is 2.29. The van der Waals surface area contributed by atoms with Gasteiger partial charge in [0, 0.05) is 32.1 Å². The average molecular weight is 396 g/mol. The second-order valence-electron chi connectivity index (χ2n) is 7.19. The molecule has 150 valence electrons. The summed E-state index contributed by atoms with van der Waals surface area (Å²) in [6, 6.07) is 5.08. The molecule has 7 nitrogen and oxygen atoms in total. The van der Waals surface area contributed by atoms with E-state index in [9.17, 15) is 13.2 Å². The van der Waals surface area contributed by atoms with Gasteiger partial charge in [0.1, 0.15) is 0 Å². The molecular weight excluding hydrogens is 366 g/mol. The van der Waals surface area contributed by atoms with Gasteiger partial charge in [-0.2, -0.15) is 4.31 Å². The molecule has 2 aliphatic heterocycles. The minimum atomic E-state index is -3.60. The van der Waals surface area contributed by atoms with Crippen LogP contribution in [-0.2, 0) is 19.6 Å². The summed E-state index contributed by atoms with van der Waals surface area (Å²) in [4.78, 5) is 14.9. The number of hydrogen-bond acceptors (Lipinski definition) is 5. The number of anilines is 2. The summed E-state index contributed by atoms with van der Waals surface area (Å²) in [7, 11) is -3.60. The van der Waals surface area contributed by atoms with E-state index in [0.29, 0.717) is 32.0 Å². The van der Waals surface area contributed by atoms with Crippen molar-refractivity contribution in [3.05, 3.63) is 18.2 Å². The Kier molecular flexibility index (Phi) is 6.39. The second kappa shape index (κ2) is 8.58. The highest BCUT2D eigenvalue weighted by molar-refractivity contribution is 7.89. The molecule has 8 heteroatoms. The maximum absolute atomic E-state index is 13.0. The van der Waals surface area contributed by atoms with Gasteiger partial charge >= 0.3 is 0 Å². The van der Waals surface area contributed by atoms with Crippen molar-refractivity contribution < 1.29 is 17.9 Å². The largest absolute Gasteiger partial charge is 0.379 e. The van der Waals surface area contributed by atoms with Gasteiger partial charge in [0.2, 0.25) is 15.9 Å². The van der Waals surface area contributed by atoms with Crippen LogP contribution in [0.4, 0.5) is 11.4 Å². The molecule has 0 aliphatic carbocycles. The van der Waals surface area contributed by atoms with Crippen LogP contribution < -0.4 is 10.2 Å². The first-order valence-electron chi connectivity index (χ1n) is 9.71. The van der Waals surface area contributed by atoms with E-state index in [1.807, 2.05) is 19.9 Å². The molecule has 1 N–H and O–H groups in total. The number of benzene rings is 1. The molecule has 1 aromatic rings. The molecule has 2 heterocycles. The van der Waals surface area contributed by atoms with Gasteiger partial charge in [-0.1, -0.05) is 13.8 Å². The van der Waals surface area contributed by atoms with E-state index in [1.54, 1.807) is 12.1 Å². The van der Waals surface area contributed by atoms with E-state index >= 15 is 0 Å². The van der Waals surface area contributed by atoms with Gasteiger partial charge in [0.15, 0.2) is 0 Å². The maximum atomic E-state index is 13.0. The minimum absolute atomic E-state index is 0.0844. The Bertz CT molecular complexity index is 769. The highest BCUT2D eigenvalue weighted by Crippen LogP contribution is 2.33. The van der Waals surface area contributed by atoms with Gasteiger partial charge in [0.25, 0.3) is 0 Å². The van der Waals surface area contributed by atoms with E-state index in [-0.39, 0.29) is 16.7 Å². The fourth-order valence-electron chi connectivity index (χ4n) is 3.39. The Hall–Kier alpha value is -1.64. The van der Waals surface area contributed by atoms with Crippen molar-refractivity contribution >= 4 is 27.3 Å². The molecule has 1 atom stereocenters. The number of hydrogen-bond donors (Lipinski definition) is 1. The maximum Gasteiger partial charge on any atom is 0.243 e. The van der Waals surface area contributed by atoms with Crippen LogP contribution in [0.25, 0.3) is 0 Å². The van der Waals surface area contributed by atoms with Gasteiger partial charge in [-0.15, -0.1) is 0 Å². The lowest BCUT2D eigenvalue weighted by Gasteiger charge is -2.27. The summed E-state index contributed by atoms with van der Waals surface area (Å²) >= 11 is 0. The molecule has 27 heavy (non-hydrogen) atoms.